The first-order valence-electron chi connectivity index (χ1n) is 10.8. The van der Waals surface area contributed by atoms with E-state index in [1.807, 2.05) is 0 Å². The fraction of sp³-hybridized carbons (Fsp3) is 0.619. The molecule has 2 aromatic rings. The van der Waals surface area contributed by atoms with Crippen LogP contribution >= 0.6 is 27.5 Å². The molecule has 5 heterocycles. The Balaban J connectivity index is 1.45. The van der Waals surface area contributed by atoms with Gasteiger partial charge in [-0.2, -0.15) is 9.97 Å². The fourth-order valence-electron chi connectivity index (χ4n) is 5.74. The second-order valence-electron chi connectivity index (χ2n) is 9.34. The van der Waals surface area contributed by atoms with Gasteiger partial charge in [0.1, 0.15) is 35.7 Å². The number of fused-ring (bicyclic) bond motifs is 3. The van der Waals surface area contributed by atoms with Gasteiger partial charge >= 0.3 is 6.01 Å². The van der Waals surface area contributed by atoms with Gasteiger partial charge in [0.25, 0.3) is 5.92 Å². The van der Waals surface area contributed by atoms with Gasteiger partial charge in [0.15, 0.2) is 11.6 Å². The van der Waals surface area contributed by atoms with Gasteiger partial charge in [0, 0.05) is 19.4 Å². The number of benzene rings is 1. The van der Waals surface area contributed by atoms with Gasteiger partial charge in [-0.25, -0.2) is 17.6 Å². The lowest BCUT2D eigenvalue weighted by atomic mass is 9.95. The average Bonchev–Trinajstić information content (AvgIpc) is 3.36. The van der Waals surface area contributed by atoms with Crippen LogP contribution < -0.4 is 14.4 Å². The van der Waals surface area contributed by atoms with Crippen LogP contribution in [0.25, 0.3) is 10.9 Å². The maximum Gasteiger partial charge on any atom is 0.319 e. The van der Waals surface area contributed by atoms with Crippen molar-refractivity contribution in [3.05, 3.63) is 15.3 Å². The van der Waals surface area contributed by atoms with Crippen LogP contribution in [-0.2, 0) is 0 Å². The summed E-state index contributed by atoms with van der Waals surface area (Å²) in [7, 11) is 0. The highest BCUT2D eigenvalue weighted by Gasteiger charge is 2.50. The fourth-order valence-corrected chi connectivity index (χ4v) is 6.34. The van der Waals surface area contributed by atoms with Crippen molar-refractivity contribution < 1.29 is 27.0 Å². The smallest absolute Gasteiger partial charge is 0.319 e. The summed E-state index contributed by atoms with van der Waals surface area (Å²) in [4.78, 5) is 12.2. The van der Waals surface area contributed by atoms with Crippen LogP contribution in [0.3, 0.4) is 0 Å². The summed E-state index contributed by atoms with van der Waals surface area (Å²) >= 11 is 9.46. The lowest BCUT2D eigenvalue weighted by molar-refractivity contribution is 0.0205. The normalized spacial score (nSPS) is 30.3. The van der Waals surface area contributed by atoms with Crippen molar-refractivity contribution in [2.24, 2.45) is 0 Å². The van der Waals surface area contributed by atoms with Crippen LogP contribution in [0.15, 0.2) is 4.47 Å². The highest BCUT2D eigenvalue weighted by Crippen LogP contribution is 2.49. The highest BCUT2D eigenvalue weighted by molar-refractivity contribution is 9.10. The Morgan fingerprint density at radius 3 is 2.91 bits per heavy atom. The van der Waals surface area contributed by atoms with Crippen LogP contribution in [0.4, 0.5) is 23.4 Å². The van der Waals surface area contributed by atoms with E-state index in [0.29, 0.717) is 13.0 Å². The molecule has 4 aliphatic rings. The summed E-state index contributed by atoms with van der Waals surface area (Å²) < 4.78 is 69.6. The molecular formula is C21H20BrClF4N4O2. The zero-order valence-corrected chi connectivity index (χ0v) is 19.7. The van der Waals surface area contributed by atoms with E-state index >= 15 is 4.39 Å². The number of alkyl halides is 3. The maximum atomic E-state index is 15.2. The molecule has 0 bridgehead atoms. The van der Waals surface area contributed by atoms with Gasteiger partial charge in [0.05, 0.1) is 28.0 Å². The number of halogens is 6. The van der Waals surface area contributed by atoms with Crippen molar-refractivity contribution in [2.75, 3.05) is 37.7 Å². The molecule has 0 saturated carbocycles. The largest absolute Gasteiger partial charge is 0.489 e. The summed E-state index contributed by atoms with van der Waals surface area (Å²) in [5, 5.41) is 0.130. The molecule has 0 spiro atoms. The van der Waals surface area contributed by atoms with Gasteiger partial charge < -0.3 is 14.4 Å². The van der Waals surface area contributed by atoms with Crippen LogP contribution in [0, 0.1) is 5.82 Å². The Hall–Kier alpha value is -1.59. The molecule has 12 heteroatoms. The Bertz CT molecular complexity index is 1160. The first-order chi connectivity index (χ1) is 15.7. The molecule has 0 N–H and O–H groups in total. The Labute approximate surface area is 200 Å². The minimum atomic E-state index is -2.94. The molecule has 1 aromatic heterocycles. The minimum absolute atomic E-state index is 0.00752. The summed E-state index contributed by atoms with van der Waals surface area (Å²) in [5.41, 5.74) is -0.588. The molecule has 0 amide bonds. The van der Waals surface area contributed by atoms with Gasteiger partial charge in [-0.1, -0.05) is 11.6 Å². The third-order valence-electron chi connectivity index (χ3n) is 7.19. The van der Waals surface area contributed by atoms with Crippen LogP contribution in [0.2, 0.25) is 5.02 Å². The third kappa shape index (κ3) is 3.36. The number of rotatable bonds is 3. The topological polar surface area (TPSA) is 50.7 Å². The van der Waals surface area contributed by atoms with E-state index in [2.05, 4.69) is 30.8 Å². The molecule has 1 aromatic carbocycles. The summed E-state index contributed by atoms with van der Waals surface area (Å²) in [6.07, 6.45) is 0.716. The van der Waals surface area contributed by atoms with Crippen molar-refractivity contribution in [1.82, 2.24) is 14.9 Å². The first-order valence-corrected chi connectivity index (χ1v) is 12.0. The highest BCUT2D eigenvalue weighted by atomic mass is 79.9. The molecule has 6 rings (SSSR count). The van der Waals surface area contributed by atoms with E-state index in [0.717, 1.165) is 19.4 Å². The molecule has 3 atom stereocenters. The minimum Gasteiger partial charge on any atom is -0.489 e. The number of ether oxygens (including phenoxy) is 2. The Morgan fingerprint density at radius 2 is 2.09 bits per heavy atom. The predicted molar refractivity (Wildman–Crippen MR) is 117 cm³/mol. The standard InChI is InChI=1S/C21H20BrClF4N4O2/c22-13-14(23)17-12-16(15(13)25)28-19(33-9-20-2-1-3-30(20)6-10(24)4-20)29-18(12)31-8-21(26,27)5-11(31)7-32-17/h10-11H,1-9H2/t10-,11+,20+/m1/s1. The number of aromatic nitrogens is 2. The molecule has 178 valence electrons. The van der Waals surface area contributed by atoms with Gasteiger partial charge in [-0.05, 0) is 35.3 Å². The van der Waals surface area contributed by atoms with Crippen molar-refractivity contribution in [3.8, 4) is 11.8 Å². The summed E-state index contributed by atoms with van der Waals surface area (Å²) in [6.45, 7) is 0.655. The van der Waals surface area contributed by atoms with Gasteiger partial charge in [0.2, 0.25) is 0 Å². The van der Waals surface area contributed by atoms with Crippen LogP contribution in [0.1, 0.15) is 25.7 Å². The maximum absolute atomic E-state index is 15.2. The molecule has 0 aliphatic carbocycles. The second-order valence-corrected chi connectivity index (χ2v) is 10.5. The van der Waals surface area contributed by atoms with E-state index in [9.17, 15) is 13.2 Å². The first kappa shape index (κ1) is 21.9. The van der Waals surface area contributed by atoms with Crippen LogP contribution in [0.5, 0.6) is 11.8 Å². The summed E-state index contributed by atoms with van der Waals surface area (Å²) in [5.74, 6) is -3.44. The molecule has 0 unspecified atom stereocenters. The lowest BCUT2D eigenvalue weighted by Crippen LogP contribution is -2.43. The number of hydrogen-bond donors (Lipinski definition) is 0. The van der Waals surface area contributed by atoms with Crippen LogP contribution in [-0.4, -0.2) is 71.4 Å². The number of nitrogens with zero attached hydrogens (tertiary/aromatic N) is 4. The monoisotopic (exact) mass is 550 g/mol. The van der Waals surface area contributed by atoms with Crippen molar-refractivity contribution in [2.45, 2.75) is 49.4 Å². The van der Waals surface area contributed by atoms with E-state index in [1.54, 1.807) is 0 Å². The zero-order valence-electron chi connectivity index (χ0n) is 17.4. The third-order valence-corrected chi connectivity index (χ3v) is 8.52. The van der Waals surface area contributed by atoms with Gasteiger partial charge in [-0.15, -0.1) is 0 Å². The molecule has 3 saturated heterocycles. The van der Waals surface area contributed by atoms with E-state index in [1.165, 1.54) is 4.90 Å². The summed E-state index contributed by atoms with van der Waals surface area (Å²) in [6, 6.07) is -0.807. The van der Waals surface area contributed by atoms with E-state index in [-0.39, 0.29) is 51.2 Å². The Kier molecular flexibility index (Phi) is 4.95. The lowest BCUT2D eigenvalue weighted by Gasteiger charge is -2.31. The molecule has 3 fully saturated rings. The predicted octanol–water partition coefficient (Wildman–Crippen LogP) is 4.75. The molecule has 4 aliphatic heterocycles. The Morgan fingerprint density at radius 1 is 1.27 bits per heavy atom. The molecule has 33 heavy (non-hydrogen) atoms. The van der Waals surface area contributed by atoms with Crippen molar-refractivity contribution >= 4 is 44.3 Å². The second kappa shape index (κ2) is 7.45. The zero-order chi connectivity index (χ0) is 23.1. The quantitative estimate of drug-likeness (QED) is 0.406. The van der Waals surface area contributed by atoms with Crippen molar-refractivity contribution in [3.63, 3.8) is 0 Å². The molecular weight excluding hydrogens is 532 g/mol. The number of anilines is 1. The van der Waals surface area contributed by atoms with E-state index in [4.69, 9.17) is 21.1 Å². The number of hydrogen-bond acceptors (Lipinski definition) is 6. The van der Waals surface area contributed by atoms with Gasteiger partial charge in [-0.3, -0.25) is 4.90 Å². The molecule has 6 nitrogen and oxygen atoms in total. The van der Waals surface area contributed by atoms with Crippen molar-refractivity contribution in [1.29, 1.82) is 0 Å². The van der Waals surface area contributed by atoms with E-state index < -0.39 is 42.5 Å². The average molecular weight is 552 g/mol. The SMILES string of the molecule is Fc1c(Br)c(Cl)c2c3c(nc(OC[C@@]45CCCN4C[C@H](F)C5)nc13)N1CC(F)(F)C[C@H]1CO2. The molecule has 0 radical (unpaired) electrons.